The van der Waals surface area contributed by atoms with Gasteiger partial charge in [0.15, 0.2) is 5.84 Å². The molecule has 0 aliphatic carbocycles. The van der Waals surface area contributed by atoms with Crippen LogP contribution in [-0.2, 0) is 0 Å². The first-order valence-electron chi connectivity index (χ1n) is 5.58. The van der Waals surface area contributed by atoms with Crippen LogP contribution in [0.3, 0.4) is 0 Å². The highest BCUT2D eigenvalue weighted by Gasteiger charge is 2.43. The summed E-state index contributed by atoms with van der Waals surface area (Å²) < 4.78 is 42.9. The van der Waals surface area contributed by atoms with Gasteiger partial charge in [-0.2, -0.15) is 13.2 Å². The van der Waals surface area contributed by atoms with E-state index in [2.05, 4.69) is 5.16 Å². The Hall–Kier alpha value is -2.52. The van der Waals surface area contributed by atoms with Crippen LogP contribution in [0, 0.1) is 23.0 Å². The normalized spacial score (nSPS) is 13.8. The van der Waals surface area contributed by atoms with Gasteiger partial charge >= 0.3 is 6.18 Å². The Morgan fingerprint density at radius 3 is 2.62 bits per heavy atom. The van der Waals surface area contributed by atoms with Crippen molar-refractivity contribution >= 4 is 11.5 Å². The number of rotatable bonds is 5. The van der Waals surface area contributed by atoms with Crippen molar-refractivity contribution < 1.29 is 28.0 Å². The average molecular weight is 307 g/mol. The van der Waals surface area contributed by atoms with E-state index in [0.717, 1.165) is 6.07 Å². The molecule has 0 spiro atoms. The largest absolute Gasteiger partial charge is 0.492 e. The summed E-state index contributed by atoms with van der Waals surface area (Å²) >= 11 is 0. The van der Waals surface area contributed by atoms with Crippen LogP contribution in [-0.4, -0.2) is 28.7 Å². The highest BCUT2D eigenvalue weighted by molar-refractivity contribution is 5.83. The molecule has 0 bridgehead atoms. The zero-order valence-electron chi connectivity index (χ0n) is 10.8. The molecule has 116 valence electrons. The lowest BCUT2D eigenvalue weighted by Gasteiger charge is -2.19. The first-order valence-corrected chi connectivity index (χ1v) is 5.58. The molecule has 0 radical (unpaired) electrons. The van der Waals surface area contributed by atoms with E-state index in [1.54, 1.807) is 0 Å². The van der Waals surface area contributed by atoms with Crippen LogP contribution in [0.15, 0.2) is 23.4 Å². The SMILES string of the molecule is Cc1cc(OCC(/C(N)=N/O)C(F)(F)F)ccc1[N+](=O)[O-]. The van der Waals surface area contributed by atoms with Gasteiger partial charge < -0.3 is 15.7 Å². The number of ether oxygens (including phenoxy) is 1. The van der Waals surface area contributed by atoms with Crippen LogP contribution in [0.25, 0.3) is 0 Å². The van der Waals surface area contributed by atoms with Gasteiger partial charge in [-0.15, -0.1) is 0 Å². The smallest absolute Gasteiger partial charge is 0.402 e. The Morgan fingerprint density at radius 2 is 2.19 bits per heavy atom. The zero-order chi connectivity index (χ0) is 16.2. The van der Waals surface area contributed by atoms with Gasteiger partial charge in [-0.3, -0.25) is 10.1 Å². The maximum atomic E-state index is 12.7. The molecule has 10 heteroatoms. The maximum absolute atomic E-state index is 12.7. The Labute approximate surface area is 117 Å². The molecule has 1 aromatic rings. The summed E-state index contributed by atoms with van der Waals surface area (Å²) in [6, 6.07) is 3.53. The number of nitrogens with zero attached hydrogens (tertiary/aromatic N) is 2. The Kier molecular flexibility index (Phi) is 4.95. The van der Waals surface area contributed by atoms with Crippen molar-refractivity contribution in [1.82, 2.24) is 0 Å². The molecule has 0 aliphatic heterocycles. The average Bonchev–Trinajstić information content (AvgIpc) is 2.36. The first-order chi connectivity index (χ1) is 9.66. The van der Waals surface area contributed by atoms with E-state index >= 15 is 0 Å². The van der Waals surface area contributed by atoms with Gasteiger partial charge in [0.1, 0.15) is 18.3 Å². The van der Waals surface area contributed by atoms with Gasteiger partial charge in [-0.05, 0) is 19.1 Å². The molecule has 1 unspecified atom stereocenters. The van der Waals surface area contributed by atoms with Crippen LogP contribution >= 0.6 is 0 Å². The lowest BCUT2D eigenvalue weighted by molar-refractivity contribution is -0.385. The second-order valence-electron chi connectivity index (χ2n) is 4.14. The van der Waals surface area contributed by atoms with Gasteiger partial charge in [-0.1, -0.05) is 5.16 Å². The zero-order valence-corrected chi connectivity index (χ0v) is 10.8. The molecule has 1 rings (SSSR count). The summed E-state index contributed by atoms with van der Waals surface area (Å²) in [5.41, 5.74) is 5.04. The molecular formula is C11H12F3N3O4. The third-order valence-electron chi connectivity index (χ3n) is 2.65. The highest BCUT2D eigenvalue weighted by Crippen LogP contribution is 2.28. The van der Waals surface area contributed by atoms with Crippen molar-refractivity contribution in [2.45, 2.75) is 13.1 Å². The summed E-state index contributed by atoms with van der Waals surface area (Å²) in [4.78, 5) is 10.00. The fraction of sp³-hybridized carbons (Fsp3) is 0.364. The quantitative estimate of drug-likeness (QED) is 0.285. The van der Waals surface area contributed by atoms with Crippen molar-refractivity contribution in [1.29, 1.82) is 0 Å². The fourth-order valence-electron chi connectivity index (χ4n) is 1.52. The molecule has 0 fully saturated rings. The van der Waals surface area contributed by atoms with Crippen molar-refractivity contribution in [2.75, 3.05) is 6.61 Å². The van der Waals surface area contributed by atoms with E-state index in [0.29, 0.717) is 0 Å². The number of nitrogens with two attached hydrogens (primary N) is 1. The van der Waals surface area contributed by atoms with Gasteiger partial charge in [-0.25, -0.2) is 0 Å². The molecule has 21 heavy (non-hydrogen) atoms. The third-order valence-corrected chi connectivity index (χ3v) is 2.65. The molecule has 3 N–H and O–H groups in total. The number of amidine groups is 1. The Balaban J connectivity index is 2.87. The predicted molar refractivity (Wildman–Crippen MR) is 66.3 cm³/mol. The molecule has 0 saturated carbocycles. The van der Waals surface area contributed by atoms with Gasteiger partial charge in [0, 0.05) is 11.6 Å². The lowest BCUT2D eigenvalue weighted by atomic mass is 10.1. The van der Waals surface area contributed by atoms with Gasteiger partial charge in [0.25, 0.3) is 5.69 Å². The third kappa shape index (κ3) is 4.23. The number of aryl methyl sites for hydroxylation is 1. The van der Waals surface area contributed by atoms with Crippen LogP contribution < -0.4 is 10.5 Å². The summed E-state index contributed by atoms with van der Waals surface area (Å²) in [5.74, 6) is -3.29. The highest BCUT2D eigenvalue weighted by atomic mass is 19.4. The molecule has 0 aliphatic rings. The minimum Gasteiger partial charge on any atom is -0.492 e. The van der Waals surface area contributed by atoms with Crippen LogP contribution in [0.4, 0.5) is 18.9 Å². The monoisotopic (exact) mass is 307 g/mol. The first kappa shape index (κ1) is 16.5. The summed E-state index contributed by atoms with van der Waals surface area (Å²) in [6.45, 7) is 0.520. The number of alkyl halides is 3. The number of nitro groups is 1. The van der Waals surface area contributed by atoms with E-state index in [4.69, 9.17) is 15.7 Å². The van der Waals surface area contributed by atoms with Crippen molar-refractivity contribution in [3.05, 3.63) is 33.9 Å². The second-order valence-corrected chi connectivity index (χ2v) is 4.14. The molecule has 0 saturated heterocycles. The van der Waals surface area contributed by atoms with Crippen molar-refractivity contribution in [3.63, 3.8) is 0 Å². The molecule has 0 heterocycles. The maximum Gasteiger partial charge on any atom is 0.402 e. The fourth-order valence-corrected chi connectivity index (χ4v) is 1.52. The number of benzene rings is 1. The molecule has 0 aromatic heterocycles. The van der Waals surface area contributed by atoms with Crippen LogP contribution in [0.5, 0.6) is 5.75 Å². The minimum atomic E-state index is -4.74. The number of hydrogen-bond acceptors (Lipinski definition) is 5. The van der Waals surface area contributed by atoms with Crippen molar-refractivity contribution in [3.8, 4) is 5.75 Å². The van der Waals surface area contributed by atoms with E-state index < -0.39 is 29.5 Å². The van der Waals surface area contributed by atoms with E-state index in [1.165, 1.54) is 19.1 Å². The van der Waals surface area contributed by atoms with E-state index in [-0.39, 0.29) is 17.0 Å². The van der Waals surface area contributed by atoms with Crippen LogP contribution in [0.1, 0.15) is 5.56 Å². The van der Waals surface area contributed by atoms with Gasteiger partial charge in [0.05, 0.1) is 4.92 Å². The second kappa shape index (κ2) is 6.29. The molecular weight excluding hydrogens is 295 g/mol. The summed E-state index contributed by atoms with van der Waals surface area (Å²) in [7, 11) is 0. The molecule has 1 atom stereocenters. The molecule has 1 aromatic carbocycles. The lowest BCUT2D eigenvalue weighted by Crippen LogP contribution is -2.40. The Bertz CT molecular complexity index is 560. The van der Waals surface area contributed by atoms with Crippen molar-refractivity contribution in [2.24, 2.45) is 16.8 Å². The predicted octanol–water partition coefficient (Wildman–Crippen LogP) is 2.21. The topological polar surface area (TPSA) is 111 Å². The van der Waals surface area contributed by atoms with Crippen LogP contribution in [0.2, 0.25) is 0 Å². The van der Waals surface area contributed by atoms with Gasteiger partial charge in [0.2, 0.25) is 0 Å². The number of halogens is 3. The number of nitro benzene ring substituents is 1. The minimum absolute atomic E-state index is 0.0121. The standard InChI is InChI=1S/C11H12F3N3O4/c1-6-4-7(2-3-9(6)17(19)20)21-5-8(10(15)16-18)11(12,13)14/h2-4,8,18H,5H2,1H3,(H2,15,16). The molecule has 7 nitrogen and oxygen atoms in total. The molecule has 0 amide bonds. The van der Waals surface area contributed by atoms with E-state index in [1.807, 2.05) is 0 Å². The number of oxime groups is 1. The summed E-state index contributed by atoms with van der Waals surface area (Å²) in [5, 5.41) is 21.3. The van der Waals surface area contributed by atoms with E-state index in [9.17, 15) is 23.3 Å². The summed E-state index contributed by atoms with van der Waals surface area (Å²) in [6.07, 6.45) is -4.74. The number of hydrogen-bond donors (Lipinski definition) is 2. The Morgan fingerprint density at radius 1 is 1.57 bits per heavy atom.